The van der Waals surface area contributed by atoms with Gasteiger partial charge in [0.1, 0.15) is 5.69 Å². The molecule has 0 amide bonds. The highest BCUT2D eigenvalue weighted by Gasteiger charge is 2.16. The predicted octanol–water partition coefficient (Wildman–Crippen LogP) is 5.15. The Bertz CT molecular complexity index is 1850. The molecule has 0 radical (unpaired) electrons. The third-order valence-corrected chi connectivity index (χ3v) is 6.89. The van der Waals surface area contributed by atoms with Crippen molar-refractivity contribution in [2.75, 3.05) is 6.61 Å². The van der Waals surface area contributed by atoms with Gasteiger partial charge in [-0.15, -0.1) is 5.10 Å². The summed E-state index contributed by atoms with van der Waals surface area (Å²) in [7, 11) is 0. The van der Waals surface area contributed by atoms with Crippen LogP contribution in [-0.4, -0.2) is 31.0 Å². The number of benzene rings is 3. The monoisotopic (exact) mass is 523 g/mol. The second-order valence-corrected chi connectivity index (χ2v) is 9.63. The van der Waals surface area contributed by atoms with Crippen LogP contribution in [0.15, 0.2) is 89.9 Å². The summed E-state index contributed by atoms with van der Waals surface area (Å²) in [4.78, 5) is 18.3. The highest BCUT2D eigenvalue weighted by atomic mass is 32.1. The highest BCUT2D eigenvalue weighted by Crippen LogP contribution is 2.29. The van der Waals surface area contributed by atoms with Gasteiger partial charge < -0.3 is 4.74 Å². The summed E-state index contributed by atoms with van der Waals surface area (Å²) in [5, 5.41) is 9.17. The largest absolute Gasteiger partial charge is 0.491 e. The van der Waals surface area contributed by atoms with Gasteiger partial charge in [-0.3, -0.25) is 4.79 Å². The van der Waals surface area contributed by atoms with Crippen LogP contribution in [0, 0.1) is 5.82 Å². The minimum atomic E-state index is -0.465. The number of fused-ring (bicyclic) bond motifs is 1. The normalized spacial score (nSPS) is 11.9. The van der Waals surface area contributed by atoms with Gasteiger partial charge in [-0.25, -0.2) is 9.07 Å². The van der Waals surface area contributed by atoms with Gasteiger partial charge in [-0.1, -0.05) is 66.8 Å². The zero-order chi connectivity index (χ0) is 26.1. The van der Waals surface area contributed by atoms with E-state index in [0.717, 1.165) is 17.7 Å². The van der Waals surface area contributed by atoms with Crippen molar-refractivity contribution in [2.24, 2.45) is 0 Å². The van der Waals surface area contributed by atoms with E-state index in [1.165, 1.54) is 21.9 Å². The maximum Gasteiger partial charge on any atom is 0.291 e. The molecule has 0 aliphatic carbocycles. The summed E-state index contributed by atoms with van der Waals surface area (Å²) >= 11 is 1.25. The maximum atomic E-state index is 14.8. The molecule has 0 saturated heterocycles. The first-order valence-electron chi connectivity index (χ1n) is 12.2. The van der Waals surface area contributed by atoms with Crippen molar-refractivity contribution in [3.8, 4) is 34.1 Å². The summed E-state index contributed by atoms with van der Waals surface area (Å²) in [5.74, 6) is 0.233. The Morgan fingerprint density at radius 2 is 1.74 bits per heavy atom. The quantitative estimate of drug-likeness (QED) is 0.290. The molecule has 0 spiro atoms. The van der Waals surface area contributed by atoms with Crippen molar-refractivity contribution in [3.05, 3.63) is 111 Å². The number of nitrogens with zero attached hydrogens (tertiary/aromatic N) is 5. The first kappa shape index (κ1) is 23.7. The van der Waals surface area contributed by atoms with E-state index in [-0.39, 0.29) is 11.3 Å². The van der Waals surface area contributed by atoms with Crippen molar-refractivity contribution in [1.29, 1.82) is 0 Å². The second kappa shape index (κ2) is 10.0. The van der Waals surface area contributed by atoms with Gasteiger partial charge in [0.2, 0.25) is 4.96 Å². The van der Waals surface area contributed by atoms with Crippen LogP contribution >= 0.6 is 11.3 Å². The van der Waals surface area contributed by atoms with Crippen LogP contribution in [0.4, 0.5) is 4.39 Å². The molecule has 7 nitrogen and oxygen atoms in total. The van der Waals surface area contributed by atoms with E-state index in [0.29, 0.717) is 38.7 Å². The van der Waals surface area contributed by atoms with E-state index in [9.17, 15) is 9.18 Å². The molecule has 3 aromatic heterocycles. The molecule has 6 aromatic rings. The summed E-state index contributed by atoms with van der Waals surface area (Å²) < 4.78 is 23.8. The smallest absolute Gasteiger partial charge is 0.291 e. The summed E-state index contributed by atoms with van der Waals surface area (Å²) in [6.45, 7) is 2.40. The molecule has 0 aliphatic heterocycles. The molecule has 38 heavy (non-hydrogen) atoms. The fourth-order valence-electron chi connectivity index (χ4n) is 4.09. The van der Waals surface area contributed by atoms with Crippen LogP contribution in [-0.2, 0) is 0 Å². The third-order valence-electron chi connectivity index (χ3n) is 5.93. The van der Waals surface area contributed by atoms with Gasteiger partial charge in [0.05, 0.1) is 16.8 Å². The predicted molar refractivity (Wildman–Crippen MR) is 146 cm³/mol. The Kier molecular flexibility index (Phi) is 6.27. The molecule has 3 heterocycles. The number of aromatic nitrogens is 5. The fourth-order valence-corrected chi connectivity index (χ4v) is 4.99. The Hall–Kier alpha value is -4.63. The molecule has 0 bridgehead atoms. The Morgan fingerprint density at radius 3 is 2.45 bits per heavy atom. The molecule has 0 atom stereocenters. The second-order valence-electron chi connectivity index (χ2n) is 8.62. The number of thiazole rings is 1. The number of hydrogen-bond acceptors (Lipinski definition) is 6. The molecule has 0 aliphatic rings. The van der Waals surface area contributed by atoms with Crippen molar-refractivity contribution < 1.29 is 9.13 Å². The number of hydrogen-bond donors (Lipinski definition) is 0. The van der Waals surface area contributed by atoms with Crippen LogP contribution in [0.25, 0.3) is 39.4 Å². The lowest BCUT2D eigenvalue weighted by atomic mass is 10.1. The Morgan fingerprint density at radius 1 is 0.974 bits per heavy atom. The Labute approximate surface area is 221 Å². The lowest BCUT2D eigenvalue weighted by molar-refractivity contribution is 0.301. The van der Waals surface area contributed by atoms with E-state index in [1.54, 1.807) is 22.9 Å². The number of para-hydroxylation sites is 1. The minimum absolute atomic E-state index is 0.199. The molecule has 0 fully saturated rings. The van der Waals surface area contributed by atoms with Crippen LogP contribution in [0.1, 0.15) is 18.9 Å². The first-order valence-corrected chi connectivity index (χ1v) is 13.0. The van der Waals surface area contributed by atoms with Gasteiger partial charge in [-0.05, 0) is 42.8 Å². The van der Waals surface area contributed by atoms with Crippen molar-refractivity contribution in [1.82, 2.24) is 24.4 Å². The highest BCUT2D eigenvalue weighted by molar-refractivity contribution is 7.15. The average Bonchev–Trinajstić information content (AvgIpc) is 3.64. The maximum absolute atomic E-state index is 14.8. The molecular weight excluding hydrogens is 501 g/mol. The molecule has 0 N–H and O–H groups in total. The molecule has 0 unspecified atom stereocenters. The summed E-state index contributed by atoms with van der Waals surface area (Å²) in [6.07, 6.45) is 4.37. The van der Waals surface area contributed by atoms with Gasteiger partial charge in [0, 0.05) is 22.9 Å². The lowest BCUT2D eigenvalue weighted by Crippen LogP contribution is -2.23. The number of rotatable bonds is 7. The van der Waals surface area contributed by atoms with Crippen molar-refractivity contribution in [3.63, 3.8) is 0 Å². The number of ether oxygens (including phenoxy) is 1. The summed E-state index contributed by atoms with van der Waals surface area (Å²) in [5.41, 5.74) is 3.19. The minimum Gasteiger partial charge on any atom is -0.491 e. The van der Waals surface area contributed by atoms with Crippen LogP contribution in [0.2, 0.25) is 0 Å². The van der Waals surface area contributed by atoms with Crippen LogP contribution < -0.4 is 14.8 Å². The van der Waals surface area contributed by atoms with E-state index in [4.69, 9.17) is 9.84 Å². The molecule has 6 rings (SSSR count). The van der Waals surface area contributed by atoms with Gasteiger partial charge >= 0.3 is 0 Å². The van der Waals surface area contributed by atoms with Crippen molar-refractivity contribution in [2.45, 2.75) is 13.3 Å². The Balaban J connectivity index is 1.46. The molecular formula is C29H22FN5O2S. The first-order chi connectivity index (χ1) is 18.6. The average molecular weight is 524 g/mol. The standard InChI is InChI=1S/C29H22FN5O2S/c1-2-15-37-24-14-13-20(16-23(24)30)26-21(18-34(32-26)22-11-7-4-8-12-22)17-25-28(36)35-29(38-25)31-27(33-35)19-9-5-3-6-10-19/h3-14,16-18H,2,15H2,1H3. The molecule has 9 heteroatoms. The molecule has 0 saturated carbocycles. The van der Waals surface area contributed by atoms with E-state index < -0.39 is 5.82 Å². The van der Waals surface area contributed by atoms with E-state index >= 15 is 0 Å². The van der Waals surface area contributed by atoms with Gasteiger partial charge in [0.15, 0.2) is 17.4 Å². The van der Waals surface area contributed by atoms with E-state index in [2.05, 4.69) is 10.1 Å². The van der Waals surface area contributed by atoms with Gasteiger partial charge in [-0.2, -0.15) is 14.6 Å². The van der Waals surface area contributed by atoms with Crippen molar-refractivity contribution >= 4 is 22.4 Å². The zero-order valence-corrected chi connectivity index (χ0v) is 21.2. The zero-order valence-electron chi connectivity index (χ0n) is 20.4. The van der Waals surface area contributed by atoms with Gasteiger partial charge in [0.25, 0.3) is 5.56 Å². The van der Waals surface area contributed by atoms with E-state index in [1.807, 2.05) is 73.8 Å². The lowest BCUT2D eigenvalue weighted by Gasteiger charge is -2.07. The molecule has 3 aromatic carbocycles. The number of halogens is 1. The SMILES string of the molecule is CCCOc1ccc(-c2nn(-c3ccccc3)cc2C=c2sc3nc(-c4ccccc4)nn3c2=O)cc1F. The fraction of sp³-hybridized carbons (Fsp3) is 0.103. The van der Waals surface area contributed by atoms with Crippen LogP contribution in [0.3, 0.4) is 0 Å². The van der Waals surface area contributed by atoms with Crippen LogP contribution in [0.5, 0.6) is 5.75 Å². The third kappa shape index (κ3) is 4.48. The summed E-state index contributed by atoms with van der Waals surface area (Å²) in [6, 6.07) is 23.9. The topological polar surface area (TPSA) is 74.3 Å². The molecule has 188 valence electrons.